The van der Waals surface area contributed by atoms with E-state index in [-0.39, 0.29) is 23.9 Å². The first-order chi connectivity index (χ1) is 26.2. The maximum atomic E-state index is 13.4. The number of amides is 3. The number of imidazole rings is 2. The number of aromatic nitrogens is 4. The maximum Gasteiger partial charge on any atom is 0.423 e. The van der Waals surface area contributed by atoms with Crippen LogP contribution < -0.4 is 5.32 Å². The number of methoxy groups -OCH3 is 1. The van der Waals surface area contributed by atoms with Gasteiger partial charge < -0.3 is 34.8 Å². The SMILES string of the molecule is COC(=O)N[C@H](C(=O)N1CCC[C@H]1c1ncc(C#CC#Cc2ccc(-c3cnc([C@@H]4CCCN4N(C(=O)O)[C@@H](C=O)c4ccccc4)[nH]3)cc2)[nH]1)C(C)C. The van der Waals surface area contributed by atoms with Gasteiger partial charge in [0.05, 0.1) is 37.3 Å². The van der Waals surface area contributed by atoms with Crippen molar-refractivity contribution in [1.82, 2.24) is 40.2 Å². The minimum Gasteiger partial charge on any atom is -0.464 e. The van der Waals surface area contributed by atoms with Gasteiger partial charge in [0.1, 0.15) is 35.7 Å². The zero-order chi connectivity index (χ0) is 38.2. The monoisotopic (exact) mass is 730 g/mol. The lowest BCUT2D eigenvalue weighted by Gasteiger charge is -2.36. The summed E-state index contributed by atoms with van der Waals surface area (Å²) in [6.45, 7) is 4.78. The van der Waals surface area contributed by atoms with E-state index < -0.39 is 24.3 Å². The molecule has 2 aliphatic heterocycles. The zero-order valence-corrected chi connectivity index (χ0v) is 30.3. The molecule has 3 amide bonds. The van der Waals surface area contributed by atoms with Crippen LogP contribution in [-0.2, 0) is 14.3 Å². The fraction of sp³-hybridized carbons (Fsp3) is 0.350. The van der Waals surface area contributed by atoms with E-state index in [1.54, 1.807) is 46.6 Å². The summed E-state index contributed by atoms with van der Waals surface area (Å²) in [5.74, 6) is 12.7. The van der Waals surface area contributed by atoms with Gasteiger partial charge in [0.2, 0.25) is 5.91 Å². The third-order valence-electron chi connectivity index (χ3n) is 9.64. The Morgan fingerprint density at radius 2 is 1.63 bits per heavy atom. The Morgan fingerprint density at radius 1 is 0.944 bits per heavy atom. The van der Waals surface area contributed by atoms with Crippen LogP contribution in [0.3, 0.4) is 0 Å². The standard InChI is InChI=1S/C40H42N8O6/c1-26(2)35(45-39(51)54-3)38(50)46-21-9-15-32(46)36-41-23-30(43-36)14-8-7-11-27-17-19-28(20-18-27)31-24-42-37(44-31)33-16-10-22-47(33)48(40(52)53)34(25-49)29-12-5-4-6-13-29/h4-6,12-13,17-20,23-26,32-35H,9-10,15-16,21-22H2,1-3H3,(H,41,43)(H,42,44)(H,45,51)(H,52,53)/t32-,33-,34-,35-/m0/s1. The average molecular weight is 731 g/mol. The summed E-state index contributed by atoms with van der Waals surface area (Å²) < 4.78 is 4.71. The van der Waals surface area contributed by atoms with E-state index in [2.05, 4.69) is 48.9 Å². The number of nitrogens with zero attached hydrogens (tertiary/aromatic N) is 5. The number of carbonyl (C=O) groups excluding carboxylic acids is 3. The number of H-pyrrole nitrogens is 2. The summed E-state index contributed by atoms with van der Waals surface area (Å²) in [6, 6.07) is 14.2. The molecule has 14 nitrogen and oxygen atoms in total. The van der Waals surface area contributed by atoms with Crippen molar-refractivity contribution in [3.63, 3.8) is 0 Å². The lowest BCUT2D eigenvalue weighted by atomic mass is 10.0. The molecule has 2 aromatic heterocycles. The number of hydrogen-bond acceptors (Lipinski definition) is 8. The van der Waals surface area contributed by atoms with E-state index >= 15 is 0 Å². The fourth-order valence-electron chi connectivity index (χ4n) is 6.95. The Labute approximate surface area is 313 Å². The molecule has 0 bridgehead atoms. The molecule has 0 saturated carbocycles. The van der Waals surface area contributed by atoms with Crippen LogP contribution in [0.5, 0.6) is 0 Å². The zero-order valence-electron chi connectivity index (χ0n) is 30.3. The molecule has 0 radical (unpaired) electrons. The number of carbonyl (C=O) groups is 4. The van der Waals surface area contributed by atoms with Crippen LogP contribution in [0.1, 0.15) is 86.1 Å². The highest BCUT2D eigenvalue weighted by Crippen LogP contribution is 2.36. The highest BCUT2D eigenvalue weighted by molar-refractivity contribution is 5.86. The molecule has 54 heavy (non-hydrogen) atoms. The molecule has 2 saturated heterocycles. The van der Waals surface area contributed by atoms with Gasteiger partial charge in [0.15, 0.2) is 0 Å². The van der Waals surface area contributed by atoms with Crippen LogP contribution in [0.4, 0.5) is 9.59 Å². The van der Waals surface area contributed by atoms with Crippen molar-refractivity contribution in [2.45, 2.75) is 63.7 Å². The number of benzene rings is 2. The third-order valence-corrected chi connectivity index (χ3v) is 9.64. The Bertz CT molecular complexity index is 2090. The number of likely N-dealkylation sites (tertiary alicyclic amines) is 1. The molecule has 6 rings (SSSR count). The van der Waals surface area contributed by atoms with Gasteiger partial charge in [-0.2, -0.15) is 0 Å². The number of hydrazine groups is 1. The summed E-state index contributed by atoms with van der Waals surface area (Å²) in [4.78, 5) is 67.3. The normalized spacial score (nSPS) is 17.8. The number of carboxylic acid groups (broad SMARTS) is 1. The van der Waals surface area contributed by atoms with E-state index in [1.165, 1.54) is 7.11 Å². The molecule has 278 valence electrons. The summed E-state index contributed by atoms with van der Waals surface area (Å²) in [6.07, 6.45) is 5.13. The molecular weight excluding hydrogens is 688 g/mol. The van der Waals surface area contributed by atoms with Crippen molar-refractivity contribution < 1.29 is 29.0 Å². The molecule has 0 unspecified atom stereocenters. The third kappa shape index (κ3) is 8.30. The maximum absolute atomic E-state index is 13.4. The van der Waals surface area contributed by atoms with Gasteiger partial charge in [-0.3, -0.25) is 4.79 Å². The topological polar surface area (TPSA) is 177 Å². The van der Waals surface area contributed by atoms with Crippen LogP contribution in [-0.4, -0.2) is 90.6 Å². The molecule has 4 heterocycles. The lowest BCUT2D eigenvalue weighted by Crippen LogP contribution is -2.51. The van der Waals surface area contributed by atoms with E-state index in [4.69, 9.17) is 4.74 Å². The van der Waals surface area contributed by atoms with Gasteiger partial charge in [0, 0.05) is 18.7 Å². The first-order valence-electron chi connectivity index (χ1n) is 17.8. The first-order valence-corrected chi connectivity index (χ1v) is 17.8. The molecule has 14 heteroatoms. The second kappa shape index (κ2) is 17.0. The summed E-state index contributed by atoms with van der Waals surface area (Å²) in [5.41, 5.74) is 3.58. The number of alkyl carbamates (subject to hydrolysis) is 1. The minimum atomic E-state index is -1.21. The molecule has 4 N–H and O–H groups in total. The fourth-order valence-corrected chi connectivity index (χ4v) is 6.95. The van der Waals surface area contributed by atoms with Gasteiger partial charge in [-0.1, -0.05) is 62.2 Å². The van der Waals surface area contributed by atoms with Crippen LogP contribution in [0, 0.1) is 29.6 Å². The van der Waals surface area contributed by atoms with Crippen LogP contribution >= 0.6 is 0 Å². The number of rotatable bonds is 10. The predicted octanol–water partition coefficient (Wildman–Crippen LogP) is 5.22. The van der Waals surface area contributed by atoms with Gasteiger partial charge >= 0.3 is 12.2 Å². The predicted molar refractivity (Wildman–Crippen MR) is 198 cm³/mol. The molecule has 4 aromatic rings. The largest absolute Gasteiger partial charge is 0.464 e. The second-order valence-electron chi connectivity index (χ2n) is 13.4. The number of aromatic amines is 2. The number of nitrogens with one attached hydrogen (secondary N) is 3. The molecule has 2 fully saturated rings. The van der Waals surface area contributed by atoms with E-state index in [0.29, 0.717) is 48.7 Å². The van der Waals surface area contributed by atoms with E-state index in [0.717, 1.165) is 41.1 Å². The van der Waals surface area contributed by atoms with Crippen LogP contribution in [0.2, 0.25) is 0 Å². The highest BCUT2D eigenvalue weighted by atomic mass is 16.5. The molecule has 0 spiro atoms. The molecular formula is C40H42N8O6. The summed E-state index contributed by atoms with van der Waals surface area (Å²) >= 11 is 0. The van der Waals surface area contributed by atoms with Gasteiger partial charge in [-0.25, -0.2) is 29.6 Å². The van der Waals surface area contributed by atoms with Crippen molar-refractivity contribution in [2.24, 2.45) is 5.92 Å². The van der Waals surface area contributed by atoms with Crippen LogP contribution in [0.15, 0.2) is 67.0 Å². The second-order valence-corrected chi connectivity index (χ2v) is 13.4. The number of hydrogen-bond donors (Lipinski definition) is 4. The number of ether oxygens (including phenoxy) is 1. The number of aldehydes is 1. The van der Waals surface area contributed by atoms with Crippen molar-refractivity contribution in [3.05, 3.63) is 95.5 Å². The molecule has 4 atom stereocenters. The van der Waals surface area contributed by atoms with Crippen LogP contribution in [0.25, 0.3) is 11.3 Å². The van der Waals surface area contributed by atoms with Gasteiger partial charge in [-0.15, -0.1) is 0 Å². The first kappa shape index (κ1) is 37.4. The Hall–Kier alpha value is -6.38. The molecule has 0 aliphatic carbocycles. The quantitative estimate of drug-likeness (QED) is 0.126. The van der Waals surface area contributed by atoms with Gasteiger partial charge in [0.25, 0.3) is 0 Å². The Balaban J connectivity index is 1.09. The molecule has 2 aromatic carbocycles. The lowest BCUT2D eigenvalue weighted by molar-refractivity contribution is -0.135. The van der Waals surface area contributed by atoms with Crippen molar-refractivity contribution in [2.75, 3.05) is 20.2 Å². The van der Waals surface area contributed by atoms with E-state index in [1.807, 2.05) is 44.2 Å². The Kier molecular flexibility index (Phi) is 11.7. The highest BCUT2D eigenvalue weighted by Gasteiger charge is 2.40. The smallest absolute Gasteiger partial charge is 0.423 e. The summed E-state index contributed by atoms with van der Waals surface area (Å²) in [7, 11) is 1.27. The summed E-state index contributed by atoms with van der Waals surface area (Å²) in [5, 5.41) is 15.7. The van der Waals surface area contributed by atoms with Crippen molar-refractivity contribution in [3.8, 4) is 34.9 Å². The Morgan fingerprint density at radius 3 is 2.33 bits per heavy atom. The minimum absolute atomic E-state index is 0.124. The van der Waals surface area contributed by atoms with Gasteiger partial charge in [-0.05, 0) is 72.6 Å². The van der Waals surface area contributed by atoms with Crippen molar-refractivity contribution in [1.29, 1.82) is 0 Å². The van der Waals surface area contributed by atoms with Crippen molar-refractivity contribution >= 4 is 24.4 Å². The average Bonchev–Trinajstić information content (AvgIpc) is 4.02. The molecule has 2 aliphatic rings. The van der Waals surface area contributed by atoms with E-state index in [9.17, 15) is 24.3 Å².